The quantitative estimate of drug-likeness (QED) is 0.940. The molecule has 0 amide bonds. The van der Waals surface area contributed by atoms with Crippen molar-refractivity contribution in [3.8, 4) is 11.1 Å². The molecule has 1 aromatic heterocycles. The monoisotopic (exact) mass is 310 g/mol. The van der Waals surface area contributed by atoms with Gasteiger partial charge in [-0.25, -0.2) is 0 Å². The third kappa shape index (κ3) is 3.59. The van der Waals surface area contributed by atoms with Crippen LogP contribution >= 0.6 is 0 Å². The number of hydrogen-bond donors (Lipinski definition) is 1. The van der Waals surface area contributed by atoms with Gasteiger partial charge in [-0.05, 0) is 55.1 Å². The molecular weight excluding hydrogens is 288 g/mol. The fourth-order valence-electron chi connectivity index (χ4n) is 3.38. The van der Waals surface area contributed by atoms with Crippen molar-refractivity contribution in [2.45, 2.75) is 32.4 Å². The number of pyridine rings is 1. The molecule has 0 unspecified atom stereocenters. The smallest absolute Gasteiger partial charge is 0.308 e. The van der Waals surface area contributed by atoms with E-state index in [1.165, 1.54) is 5.56 Å². The Morgan fingerprint density at radius 2 is 2.13 bits per heavy atom. The van der Waals surface area contributed by atoms with E-state index >= 15 is 0 Å². The lowest BCUT2D eigenvalue weighted by molar-refractivity contribution is -0.145. The summed E-state index contributed by atoms with van der Waals surface area (Å²) in [6.07, 6.45) is 5.37. The van der Waals surface area contributed by atoms with Gasteiger partial charge >= 0.3 is 5.97 Å². The van der Waals surface area contributed by atoms with Crippen LogP contribution in [0.15, 0.2) is 48.8 Å². The summed E-state index contributed by atoms with van der Waals surface area (Å²) in [6, 6.07) is 12.5. The van der Waals surface area contributed by atoms with Crippen molar-refractivity contribution in [2.75, 3.05) is 6.54 Å². The Morgan fingerprint density at radius 1 is 1.30 bits per heavy atom. The van der Waals surface area contributed by atoms with Crippen molar-refractivity contribution in [1.82, 2.24) is 9.88 Å². The third-order valence-corrected chi connectivity index (χ3v) is 4.74. The summed E-state index contributed by atoms with van der Waals surface area (Å²) < 4.78 is 0. The van der Waals surface area contributed by atoms with E-state index in [1.54, 1.807) is 6.20 Å². The first-order valence-corrected chi connectivity index (χ1v) is 8.11. The summed E-state index contributed by atoms with van der Waals surface area (Å²) in [7, 11) is 0. The molecule has 0 spiro atoms. The first-order valence-electron chi connectivity index (χ1n) is 8.11. The standard InChI is InChI=1S/C19H22N2O2/c1-14-18(19(22)23)8-4-10-21(14)13-15-5-2-6-16(11-15)17-7-3-9-20-12-17/h2-3,5-7,9,11-12,14,18H,4,8,10,13H2,1H3,(H,22,23)/t14-,18-/m1/s1. The molecule has 2 aromatic rings. The molecule has 23 heavy (non-hydrogen) atoms. The molecule has 1 aliphatic rings. The Balaban J connectivity index is 1.77. The molecule has 1 N–H and O–H groups in total. The number of likely N-dealkylation sites (tertiary alicyclic amines) is 1. The van der Waals surface area contributed by atoms with Gasteiger partial charge < -0.3 is 5.11 Å². The highest BCUT2D eigenvalue weighted by atomic mass is 16.4. The number of carboxylic acid groups (broad SMARTS) is 1. The number of aliphatic carboxylic acids is 1. The molecule has 0 aliphatic carbocycles. The van der Waals surface area contributed by atoms with E-state index in [0.29, 0.717) is 0 Å². The molecule has 0 saturated carbocycles. The molecule has 0 bridgehead atoms. The molecule has 4 heteroatoms. The summed E-state index contributed by atoms with van der Waals surface area (Å²) in [5.74, 6) is -0.934. The van der Waals surface area contributed by atoms with E-state index in [2.05, 4.69) is 40.2 Å². The number of aromatic nitrogens is 1. The van der Waals surface area contributed by atoms with Crippen LogP contribution in [0.2, 0.25) is 0 Å². The number of piperidine rings is 1. The largest absolute Gasteiger partial charge is 0.481 e. The van der Waals surface area contributed by atoms with Crippen LogP contribution in [0.1, 0.15) is 25.3 Å². The normalized spacial score (nSPS) is 22.0. The second-order valence-electron chi connectivity index (χ2n) is 6.24. The van der Waals surface area contributed by atoms with E-state index in [9.17, 15) is 9.90 Å². The Hall–Kier alpha value is -2.20. The van der Waals surface area contributed by atoms with Gasteiger partial charge in [0.25, 0.3) is 0 Å². The minimum Gasteiger partial charge on any atom is -0.481 e. The van der Waals surface area contributed by atoms with Gasteiger partial charge in [-0.15, -0.1) is 0 Å². The molecule has 0 radical (unpaired) electrons. The van der Waals surface area contributed by atoms with Gasteiger partial charge in [0.2, 0.25) is 0 Å². The fourth-order valence-corrected chi connectivity index (χ4v) is 3.38. The summed E-state index contributed by atoms with van der Waals surface area (Å²) in [4.78, 5) is 17.8. The van der Waals surface area contributed by atoms with Crippen molar-refractivity contribution >= 4 is 5.97 Å². The number of benzene rings is 1. The number of rotatable bonds is 4. The molecule has 1 aromatic carbocycles. The highest BCUT2D eigenvalue weighted by molar-refractivity contribution is 5.71. The number of hydrogen-bond acceptors (Lipinski definition) is 3. The fraction of sp³-hybridized carbons (Fsp3) is 0.368. The summed E-state index contributed by atoms with van der Waals surface area (Å²) in [6.45, 7) is 3.78. The molecule has 1 aliphatic heterocycles. The van der Waals surface area contributed by atoms with E-state index in [-0.39, 0.29) is 12.0 Å². The first-order chi connectivity index (χ1) is 11.1. The van der Waals surface area contributed by atoms with E-state index < -0.39 is 5.97 Å². The summed E-state index contributed by atoms with van der Waals surface area (Å²) in [5, 5.41) is 9.35. The van der Waals surface area contributed by atoms with Gasteiger partial charge in [0.15, 0.2) is 0 Å². The van der Waals surface area contributed by atoms with E-state index in [0.717, 1.165) is 37.1 Å². The SMILES string of the molecule is C[C@@H]1[C@H](C(=O)O)CCCN1Cc1cccc(-c2cccnc2)c1. The average Bonchev–Trinajstić information content (AvgIpc) is 2.57. The molecule has 1 saturated heterocycles. The molecule has 2 atom stereocenters. The van der Waals surface area contributed by atoms with E-state index in [4.69, 9.17) is 0 Å². The van der Waals surface area contributed by atoms with Crippen molar-refractivity contribution in [1.29, 1.82) is 0 Å². The lowest BCUT2D eigenvalue weighted by Crippen LogP contribution is -2.45. The van der Waals surface area contributed by atoms with Crippen molar-refractivity contribution < 1.29 is 9.90 Å². The van der Waals surface area contributed by atoms with Gasteiger partial charge in [-0.3, -0.25) is 14.7 Å². The van der Waals surface area contributed by atoms with Crippen molar-refractivity contribution in [3.63, 3.8) is 0 Å². The van der Waals surface area contributed by atoms with Crippen LogP contribution in [0.3, 0.4) is 0 Å². The Morgan fingerprint density at radius 3 is 2.87 bits per heavy atom. The number of carboxylic acids is 1. The highest BCUT2D eigenvalue weighted by Gasteiger charge is 2.32. The van der Waals surface area contributed by atoms with Gasteiger partial charge in [0, 0.05) is 25.0 Å². The van der Waals surface area contributed by atoms with Crippen LogP contribution in [0.4, 0.5) is 0 Å². The lowest BCUT2D eigenvalue weighted by Gasteiger charge is -2.37. The average molecular weight is 310 g/mol. The van der Waals surface area contributed by atoms with Crippen LogP contribution in [0, 0.1) is 5.92 Å². The van der Waals surface area contributed by atoms with Crippen molar-refractivity contribution in [2.24, 2.45) is 5.92 Å². The van der Waals surface area contributed by atoms with Gasteiger partial charge in [-0.1, -0.05) is 24.3 Å². The van der Waals surface area contributed by atoms with Crippen LogP contribution in [-0.4, -0.2) is 33.5 Å². The van der Waals surface area contributed by atoms with Crippen LogP contribution in [0.5, 0.6) is 0 Å². The van der Waals surface area contributed by atoms with Crippen LogP contribution in [0.25, 0.3) is 11.1 Å². The Kier molecular flexibility index (Phi) is 4.72. The topological polar surface area (TPSA) is 53.4 Å². The Labute approximate surface area is 136 Å². The number of nitrogens with zero attached hydrogens (tertiary/aromatic N) is 2. The maximum absolute atomic E-state index is 11.4. The molecule has 3 rings (SSSR count). The predicted octanol–water partition coefficient (Wildman–Crippen LogP) is 3.43. The minimum absolute atomic E-state index is 0.0725. The van der Waals surface area contributed by atoms with Gasteiger partial charge in [0.1, 0.15) is 0 Å². The summed E-state index contributed by atoms with van der Waals surface area (Å²) >= 11 is 0. The highest BCUT2D eigenvalue weighted by Crippen LogP contribution is 2.26. The lowest BCUT2D eigenvalue weighted by atomic mass is 9.90. The summed E-state index contributed by atoms with van der Waals surface area (Å²) in [5.41, 5.74) is 3.46. The predicted molar refractivity (Wildman–Crippen MR) is 89.9 cm³/mol. The first kappa shape index (κ1) is 15.7. The maximum Gasteiger partial charge on any atom is 0.308 e. The third-order valence-electron chi connectivity index (χ3n) is 4.74. The van der Waals surface area contributed by atoms with Gasteiger partial charge in [-0.2, -0.15) is 0 Å². The van der Waals surface area contributed by atoms with E-state index in [1.807, 2.05) is 19.2 Å². The van der Waals surface area contributed by atoms with Crippen molar-refractivity contribution in [3.05, 3.63) is 54.4 Å². The molecule has 120 valence electrons. The van der Waals surface area contributed by atoms with Gasteiger partial charge in [0.05, 0.1) is 5.92 Å². The zero-order valence-corrected chi connectivity index (χ0v) is 13.4. The minimum atomic E-state index is -0.675. The maximum atomic E-state index is 11.4. The van der Waals surface area contributed by atoms with Crippen LogP contribution in [-0.2, 0) is 11.3 Å². The molecular formula is C19H22N2O2. The molecule has 1 fully saturated rings. The molecule has 4 nitrogen and oxygen atoms in total. The zero-order valence-electron chi connectivity index (χ0n) is 13.4. The second-order valence-corrected chi connectivity index (χ2v) is 6.24. The Bertz CT molecular complexity index is 672. The number of carbonyl (C=O) groups is 1. The van der Waals surface area contributed by atoms with Crippen LogP contribution < -0.4 is 0 Å². The molecule has 2 heterocycles. The zero-order chi connectivity index (χ0) is 16.2. The second kappa shape index (κ2) is 6.92.